The second-order valence-electron chi connectivity index (χ2n) is 5.50. The lowest BCUT2D eigenvalue weighted by Crippen LogP contribution is -2.43. The van der Waals surface area contributed by atoms with Crippen molar-refractivity contribution in [1.29, 1.82) is 0 Å². The molecule has 2 heterocycles. The van der Waals surface area contributed by atoms with Gasteiger partial charge in [0.05, 0.1) is 9.90 Å². The van der Waals surface area contributed by atoms with Gasteiger partial charge in [0.15, 0.2) is 6.61 Å². The zero-order chi connectivity index (χ0) is 20.1. The molecule has 0 radical (unpaired) electrons. The quantitative estimate of drug-likeness (QED) is 0.486. The average Bonchev–Trinajstić information content (AvgIpc) is 3.34. The molecule has 0 atom stereocenters. The lowest BCUT2D eigenvalue weighted by Gasteiger charge is -2.08. The highest BCUT2D eigenvalue weighted by Crippen LogP contribution is 2.31. The van der Waals surface area contributed by atoms with E-state index >= 15 is 0 Å². The van der Waals surface area contributed by atoms with Gasteiger partial charge in [0.2, 0.25) is 0 Å². The molecule has 0 saturated carbocycles. The molecule has 0 saturated heterocycles. The number of aryl methyl sites for hydroxylation is 1. The van der Waals surface area contributed by atoms with E-state index in [2.05, 4.69) is 16.0 Å². The van der Waals surface area contributed by atoms with Crippen LogP contribution in [0.25, 0.3) is 11.3 Å². The molecule has 0 aliphatic carbocycles. The van der Waals surface area contributed by atoms with Crippen molar-refractivity contribution in [2.75, 3.05) is 6.61 Å². The molecule has 8 nitrogen and oxygen atoms in total. The SMILES string of the molecule is Cc1onc(-c2ccccc2Cl)c1C(=O)OCC(=O)NNC(=O)c1cccs1. The zero-order valence-electron chi connectivity index (χ0n) is 14.5. The van der Waals surface area contributed by atoms with Crippen molar-refractivity contribution in [2.24, 2.45) is 0 Å². The first kappa shape index (κ1) is 19.6. The van der Waals surface area contributed by atoms with Crippen molar-refractivity contribution in [3.63, 3.8) is 0 Å². The minimum atomic E-state index is -0.798. The van der Waals surface area contributed by atoms with Crippen LogP contribution in [0.2, 0.25) is 5.02 Å². The molecular weight excluding hydrogens is 406 g/mol. The second kappa shape index (κ2) is 8.68. The lowest BCUT2D eigenvalue weighted by atomic mass is 10.1. The number of hydrogen-bond donors (Lipinski definition) is 2. The summed E-state index contributed by atoms with van der Waals surface area (Å²) < 4.78 is 10.1. The van der Waals surface area contributed by atoms with Gasteiger partial charge in [0, 0.05) is 5.56 Å². The minimum absolute atomic E-state index is 0.0727. The van der Waals surface area contributed by atoms with Crippen LogP contribution in [0.3, 0.4) is 0 Å². The summed E-state index contributed by atoms with van der Waals surface area (Å²) in [6.07, 6.45) is 0. The summed E-state index contributed by atoms with van der Waals surface area (Å²) >= 11 is 7.37. The van der Waals surface area contributed by atoms with Gasteiger partial charge in [-0.2, -0.15) is 0 Å². The van der Waals surface area contributed by atoms with Crippen molar-refractivity contribution in [3.05, 3.63) is 63.0 Å². The normalized spacial score (nSPS) is 10.4. The molecule has 0 bridgehead atoms. The van der Waals surface area contributed by atoms with Crippen LogP contribution in [0.1, 0.15) is 25.8 Å². The number of rotatable bonds is 5. The first-order valence-electron chi connectivity index (χ1n) is 7.98. The Labute approximate surface area is 168 Å². The van der Waals surface area contributed by atoms with E-state index in [0.717, 1.165) is 0 Å². The Morgan fingerprint density at radius 3 is 2.68 bits per heavy atom. The molecule has 2 aromatic heterocycles. The lowest BCUT2D eigenvalue weighted by molar-refractivity contribution is -0.125. The largest absolute Gasteiger partial charge is 0.452 e. The topological polar surface area (TPSA) is 111 Å². The Balaban J connectivity index is 1.61. The van der Waals surface area contributed by atoms with Gasteiger partial charge in [-0.05, 0) is 24.4 Å². The summed E-state index contributed by atoms with van der Waals surface area (Å²) in [5.41, 5.74) is 5.20. The molecule has 0 aliphatic heterocycles. The fourth-order valence-electron chi connectivity index (χ4n) is 2.28. The van der Waals surface area contributed by atoms with Crippen LogP contribution in [0.15, 0.2) is 46.3 Å². The third-order valence-electron chi connectivity index (χ3n) is 3.59. The Kier molecular flexibility index (Phi) is 6.07. The monoisotopic (exact) mass is 419 g/mol. The van der Waals surface area contributed by atoms with Crippen molar-refractivity contribution in [1.82, 2.24) is 16.0 Å². The first-order chi connectivity index (χ1) is 13.5. The van der Waals surface area contributed by atoms with Gasteiger partial charge in [0.1, 0.15) is 17.0 Å². The number of aromatic nitrogens is 1. The van der Waals surface area contributed by atoms with Crippen LogP contribution in [0.4, 0.5) is 0 Å². The predicted octanol–water partition coefficient (Wildman–Crippen LogP) is 2.98. The second-order valence-corrected chi connectivity index (χ2v) is 6.85. The number of benzene rings is 1. The molecule has 144 valence electrons. The predicted molar refractivity (Wildman–Crippen MR) is 102 cm³/mol. The number of nitrogens with one attached hydrogen (secondary N) is 2. The Bertz CT molecular complexity index is 1020. The standard InChI is InChI=1S/C18H14ClN3O5S/c1-10-15(16(22-27-10)11-5-2-3-6-12(11)19)18(25)26-9-14(23)20-21-17(24)13-7-4-8-28-13/h2-8H,9H2,1H3,(H,20,23)(H,21,24). The summed E-state index contributed by atoms with van der Waals surface area (Å²) in [4.78, 5) is 36.4. The van der Waals surface area contributed by atoms with E-state index in [0.29, 0.717) is 15.5 Å². The Hall–Kier alpha value is -3.17. The number of esters is 1. The smallest absolute Gasteiger partial charge is 0.344 e. The number of amides is 2. The number of nitrogens with zero attached hydrogens (tertiary/aromatic N) is 1. The molecule has 0 fully saturated rings. The molecule has 3 aromatic rings. The van der Waals surface area contributed by atoms with Crippen LogP contribution >= 0.6 is 22.9 Å². The maximum atomic E-state index is 12.4. The molecule has 3 rings (SSSR count). The Morgan fingerprint density at radius 1 is 1.18 bits per heavy atom. The molecule has 10 heteroatoms. The van der Waals surface area contributed by atoms with E-state index in [1.54, 1.807) is 48.7 Å². The molecule has 2 amide bonds. The van der Waals surface area contributed by atoms with Crippen LogP contribution in [-0.2, 0) is 9.53 Å². The molecule has 2 N–H and O–H groups in total. The fourth-order valence-corrected chi connectivity index (χ4v) is 3.13. The summed E-state index contributed by atoms with van der Waals surface area (Å²) in [7, 11) is 0. The number of carbonyl (C=O) groups excluding carboxylic acids is 3. The van der Waals surface area contributed by atoms with Gasteiger partial charge >= 0.3 is 5.97 Å². The Morgan fingerprint density at radius 2 is 1.96 bits per heavy atom. The number of thiophene rings is 1. The van der Waals surface area contributed by atoms with Crippen molar-refractivity contribution >= 4 is 40.7 Å². The van der Waals surface area contributed by atoms with Crippen LogP contribution in [0, 0.1) is 6.92 Å². The highest BCUT2D eigenvalue weighted by molar-refractivity contribution is 7.12. The average molecular weight is 420 g/mol. The highest BCUT2D eigenvalue weighted by atomic mass is 35.5. The molecule has 1 aromatic carbocycles. The molecule has 0 unspecified atom stereocenters. The van der Waals surface area contributed by atoms with Crippen molar-refractivity contribution < 1.29 is 23.6 Å². The van der Waals surface area contributed by atoms with Gasteiger partial charge in [-0.15, -0.1) is 11.3 Å². The van der Waals surface area contributed by atoms with Crippen LogP contribution < -0.4 is 10.9 Å². The first-order valence-corrected chi connectivity index (χ1v) is 9.24. The summed E-state index contributed by atoms with van der Waals surface area (Å²) in [6.45, 7) is 0.946. The fraction of sp³-hybridized carbons (Fsp3) is 0.111. The van der Waals surface area contributed by atoms with Gasteiger partial charge in [-0.25, -0.2) is 4.79 Å². The number of halogens is 1. The number of hydrogen-bond acceptors (Lipinski definition) is 7. The van der Waals surface area contributed by atoms with E-state index in [9.17, 15) is 14.4 Å². The molecular formula is C18H14ClN3O5S. The van der Waals surface area contributed by atoms with E-state index in [1.165, 1.54) is 11.3 Å². The van der Waals surface area contributed by atoms with Crippen LogP contribution in [0.5, 0.6) is 0 Å². The van der Waals surface area contributed by atoms with Crippen molar-refractivity contribution in [3.8, 4) is 11.3 Å². The maximum absolute atomic E-state index is 12.4. The molecule has 0 aliphatic rings. The minimum Gasteiger partial charge on any atom is -0.452 e. The van der Waals surface area contributed by atoms with Gasteiger partial charge in [-0.1, -0.05) is 41.0 Å². The summed E-state index contributed by atoms with van der Waals surface area (Å²) in [5, 5.41) is 5.99. The number of carbonyl (C=O) groups is 3. The van der Waals surface area contributed by atoms with Crippen LogP contribution in [-0.4, -0.2) is 29.5 Å². The number of hydrazine groups is 1. The third kappa shape index (κ3) is 4.38. The highest BCUT2D eigenvalue weighted by Gasteiger charge is 2.25. The maximum Gasteiger partial charge on any atom is 0.344 e. The zero-order valence-corrected chi connectivity index (χ0v) is 16.1. The van der Waals surface area contributed by atoms with E-state index in [-0.39, 0.29) is 17.0 Å². The van der Waals surface area contributed by atoms with Gasteiger partial charge in [0.25, 0.3) is 11.8 Å². The summed E-state index contributed by atoms with van der Waals surface area (Å²) in [5.74, 6) is -1.74. The van der Waals surface area contributed by atoms with E-state index in [4.69, 9.17) is 20.9 Å². The van der Waals surface area contributed by atoms with E-state index < -0.39 is 24.4 Å². The van der Waals surface area contributed by atoms with E-state index in [1.807, 2.05) is 0 Å². The summed E-state index contributed by atoms with van der Waals surface area (Å²) in [6, 6.07) is 10.1. The van der Waals surface area contributed by atoms with Crippen molar-refractivity contribution in [2.45, 2.75) is 6.92 Å². The molecule has 0 spiro atoms. The van der Waals surface area contributed by atoms with Gasteiger partial charge in [-0.3, -0.25) is 20.4 Å². The number of ether oxygens (including phenoxy) is 1. The van der Waals surface area contributed by atoms with Gasteiger partial charge < -0.3 is 9.26 Å². The molecule has 28 heavy (non-hydrogen) atoms. The third-order valence-corrected chi connectivity index (χ3v) is 4.79.